The summed E-state index contributed by atoms with van der Waals surface area (Å²) in [5.74, 6) is 3.84. The van der Waals surface area contributed by atoms with Crippen LogP contribution in [0.2, 0.25) is 0 Å². The molecule has 1 fully saturated rings. The maximum absolute atomic E-state index is 11.8. The third-order valence-electron chi connectivity index (χ3n) is 2.55. The summed E-state index contributed by atoms with van der Waals surface area (Å²) in [6, 6.07) is 0. The zero-order chi connectivity index (χ0) is 14.8. The first-order valence-electron chi connectivity index (χ1n) is 5.77. The van der Waals surface area contributed by atoms with Crippen LogP contribution >= 0.6 is 0 Å². The number of nitrogens with one attached hydrogen (secondary N) is 1. The zero-order valence-electron chi connectivity index (χ0n) is 11.2. The maximum Gasteiger partial charge on any atom is 0.410 e. The van der Waals surface area contributed by atoms with Crippen LogP contribution in [0.4, 0.5) is 4.79 Å². The summed E-state index contributed by atoms with van der Waals surface area (Å²) >= 11 is 0. The van der Waals surface area contributed by atoms with E-state index in [1.807, 2.05) is 0 Å². The number of amides is 2. The van der Waals surface area contributed by atoms with Gasteiger partial charge in [0.25, 0.3) is 5.91 Å². The Hall–Kier alpha value is -1.35. The van der Waals surface area contributed by atoms with Crippen molar-refractivity contribution in [3.8, 4) is 0 Å². The standard InChI is InChI=1S/C10H19N3O5S/c1-10(2,3)18-9(15)13-4-5-19(16,17)7(6-13)8(14)12-11/h7H,4-6,11H2,1-3H3,(H,12,14). The summed E-state index contributed by atoms with van der Waals surface area (Å²) in [4.78, 5) is 24.5. The van der Waals surface area contributed by atoms with Crippen LogP contribution in [0, 0.1) is 0 Å². The summed E-state index contributed by atoms with van der Waals surface area (Å²) < 4.78 is 28.6. The van der Waals surface area contributed by atoms with Gasteiger partial charge in [0.05, 0.1) is 5.75 Å². The molecule has 0 aromatic rings. The van der Waals surface area contributed by atoms with Crippen LogP contribution in [0.25, 0.3) is 0 Å². The minimum Gasteiger partial charge on any atom is -0.444 e. The van der Waals surface area contributed by atoms with Gasteiger partial charge in [0.2, 0.25) is 0 Å². The molecule has 19 heavy (non-hydrogen) atoms. The topological polar surface area (TPSA) is 119 Å². The van der Waals surface area contributed by atoms with Crippen LogP contribution in [-0.2, 0) is 19.4 Å². The van der Waals surface area contributed by atoms with Crippen molar-refractivity contribution in [3.63, 3.8) is 0 Å². The summed E-state index contributed by atoms with van der Waals surface area (Å²) in [5, 5.41) is -1.35. The van der Waals surface area contributed by atoms with Gasteiger partial charge in [-0.1, -0.05) is 0 Å². The largest absolute Gasteiger partial charge is 0.444 e. The Morgan fingerprint density at radius 2 is 1.95 bits per heavy atom. The third kappa shape index (κ3) is 4.06. The number of hydrazine groups is 1. The van der Waals surface area contributed by atoms with Crippen molar-refractivity contribution in [3.05, 3.63) is 0 Å². The summed E-state index contributed by atoms with van der Waals surface area (Å²) in [7, 11) is -3.59. The van der Waals surface area contributed by atoms with Gasteiger partial charge in [-0.15, -0.1) is 0 Å². The molecule has 8 nitrogen and oxygen atoms in total. The molecular weight excluding hydrogens is 274 g/mol. The number of carbonyl (C=O) groups is 2. The molecule has 1 aliphatic heterocycles. The normalized spacial score (nSPS) is 22.7. The van der Waals surface area contributed by atoms with E-state index in [-0.39, 0.29) is 18.8 Å². The van der Waals surface area contributed by atoms with E-state index in [1.54, 1.807) is 26.2 Å². The van der Waals surface area contributed by atoms with E-state index in [4.69, 9.17) is 10.6 Å². The fourth-order valence-corrected chi connectivity index (χ4v) is 3.18. The number of nitrogens with two attached hydrogens (primary N) is 1. The Morgan fingerprint density at radius 3 is 2.42 bits per heavy atom. The number of carbonyl (C=O) groups excluding carboxylic acids is 2. The van der Waals surface area contributed by atoms with Crippen LogP contribution in [0.15, 0.2) is 0 Å². The van der Waals surface area contributed by atoms with Crippen molar-refractivity contribution in [2.24, 2.45) is 5.84 Å². The maximum atomic E-state index is 11.8. The van der Waals surface area contributed by atoms with E-state index in [0.717, 1.165) is 0 Å². The Balaban J connectivity index is 2.81. The average molecular weight is 293 g/mol. The van der Waals surface area contributed by atoms with Gasteiger partial charge in [-0.05, 0) is 20.8 Å². The Morgan fingerprint density at radius 1 is 1.37 bits per heavy atom. The van der Waals surface area contributed by atoms with Gasteiger partial charge in [-0.3, -0.25) is 10.2 Å². The van der Waals surface area contributed by atoms with Crippen LogP contribution in [0.5, 0.6) is 0 Å². The number of ether oxygens (including phenoxy) is 1. The van der Waals surface area contributed by atoms with E-state index in [1.165, 1.54) is 4.90 Å². The van der Waals surface area contributed by atoms with E-state index < -0.39 is 32.7 Å². The second-order valence-electron chi connectivity index (χ2n) is 5.29. The van der Waals surface area contributed by atoms with Crippen LogP contribution in [0.1, 0.15) is 20.8 Å². The number of hydrogen-bond acceptors (Lipinski definition) is 6. The minimum atomic E-state index is -3.59. The highest BCUT2D eigenvalue weighted by Crippen LogP contribution is 2.16. The van der Waals surface area contributed by atoms with Crippen LogP contribution in [0.3, 0.4) is 0 Å². The van der Waals surface area contributed by atoms with Crippen molar-refractivity contribution in [2.45, 2.75) is 31.6 Å². The first-order chi connectivity index (χ1) is 8.57. The van der Waals surface area contributed by atoms with Gasteiger partial charge in [-0.25, -0.2) is 19.1 Å². The molecule has 1 atom stereocenters. The molecular formula is C10H19N3O5S. The third-order valence-corrected chi connectivity index (χ3v) is 4.53. The summed E-state index contributed by atoms with van der Waals surface area (Å²) in [6.45, 7) is 4.87. The first kappa shape index (κ1) is 15.7. The highest BCUT2D eigenvalue weighted by molar-refractivity contribution is 7.92. The molecule has 110 valence electrons. The second-order valence-corrected chi connectivity index (χ2v) is 7.59. The number of rotatable bonds is 1. The van der Waals surface area contributed by atoms with E-state index >= 15 is 0 Å². The first-order valence-corrected chi connectivity index (χ1v) is 7.48. The summed E-state index contributed by atoms with van der Waals surface area (Å²) in [6.07, 6.45) is -0.641. The molecule has 0 saturated carbocycles. The van der Waals surface area contributed by atoms with E-state index in [2.05, 4.69) is 0 Å². The van der Waals surface area contributed by atoms with Crippen LogP contribution < -0.4 is 11.3 Å². The van der Waals surface area contributed by atoms with Crippen molar-refractivity contribution in [1.82, 2.24) is 10.3 Å². The zero-order valence-corrected chi connectivity index (χ0v) is 12.0. The fraction of sp³-hybridized carbons (Fsp3) is 0.800. The van der Waals surface area contributed by atoms with Crippen LogP contribution in [-0.4, -0.2) is 55.0 Å². The summed E-state index contributed by atoms with van der Waals surface area (Å²) in [5.41, 5.74) is 1.12. The Kier molecular flexibility index (Phi) is 4.41. The highest BCUT2D eigenvalue weighted by atomic mass is 32.2. The number of sulfone groups is 1. The molecule has 1 rings (SSSR count). The van der Waals surface area contributed by atoms with Gasteiger partial charge in [0.15, 0.2) is 15.1 Å². The molecule has 1 saturated heterocycles. The van der Waals surface area contributed by atoms with Gasteiger partial charge >= 0.3 is 6.09 Å². The molecule has 2 amide bonds. The minimum absolute atomic E-state index is 0.00555. The molecule has 3 N–H and O–H groups in total. The molecule has 0 radical (unpaired) electrons. The molecule has 1 aliphatic rings. The predicted octanol–water partition coefficient (Wildman–Crippen LogP) is -0.990. The lowest BCUT2D eigenvalue weighted by molar-refractivity contribution is -0.121. The van der Waals surface area contributed by atoms with Gasteiger partial charge in [-0.2, -0.15) is 0 Å². The Bertz CT molecular complexity index is 468. The average Bonchev–Trinajstić information content (AvgIpc) is 2.25. The fourth-order valence-electron chi connectivity index (χ4n) is 1.62. The van der Waals surface area contributed by atoms with Crippen molar-refractivity contribution >= 4 is 21.8 Å². The smallest absolute Gasteiger partial charge is 0.410 e. The molecule has 9 heteroatoms. The van der Waals surface area contributed by atoms with E-state index in [9.17, 15) is 18.0 Å². The lowest BCUT2D eigenvalue weighted by Gasteiger charge is -2.33. The van der Waals surface area contributed by atoms with Gasteiger partial charge < -0.3 is 9.64 Å². The number of hydrogen-bond donors (Lipinski definition) is 2. The predicted molar refractivity (Wildman–Crippen MR) is 67.7 cm³/mol. The molecule has 0 aromatic carbocycles. The SMILES string of the molecule is CC(C)(C)OC(=O)N1CCS(=O)(=O)C(C(=O)NN)C1. The molecule has 0 aliphatic carbocycles. The quantitative estimate of drug-likeness (QED) is 0.364. The van der Waals surface area contributed by atoms with Gasteiger partial charge in [0.1, 0.15) is 5.60 Å². The lowest BCUT2D eigenvalue weighted by Crippen LogP contribution is -2.56. The molecule has 0 bridgehead atoms. The van der Waals surface area contributed by atoms with Gasteiger partial charge in [0, 0.05) is 13.1 Å². The van der Waals surface area contributed by atoms with E-state index in [0.29, 0.717) is 0 Å². The van der Waals surface area contributed by atoms with Crippen molar-refractivity contribution < 1.29 is 22.7 Å². The van der Waals surface area contributed by atoms with Crippen molar-refractivity contribution in [1.29, 1.82) is 0 Å². The van der Waals surface area contributed by atoms with Crippen molar-refractivity contribution in [2.75, 3.05) is 18.8 Å². The lowest BCUT2D eigenvalue weighted by atomic mass is 10.2. The highest BCUT2D eigenvalue weighted by Gasteiger charge is 2.40. The Labute approximate surface area is 112 Å². The monoisotopic (exact) mass is 293 g/mol. The molecule has 0 spiro atoms. The second kappa shape index (κ2) is 5.33. The molecule has 1 heterocycles. The number of nitrogens with zero attached hydrogens (tertiary/aromatic N) is 1. The molecule has 1 unspecified atom stereocenters. The molecule has 0 aromatic heterocycles.